The second-order valence-electron chi connectivity index (χ2n) is 4.60. The van der Waals surface area contributed by atoms with Gasteiger partial charge in [-0.3, -0.25) is 4.79 Å². The number of carbonyl (C=O) groups is 1. The maximum Gasteiger partial charge on any atom is 0.261 e. The maximum absolute atomic E-state index is 12.1. The topological polar surface area (TPSA) is 60.4 Å². The van der Waals surface area contributed by atoms with Crippen LogP contribution in [0.2, 0.25) is 0 Å². The summed E-state index contributed by atoms with van der Waals surface area (Å²) in [6, 6.07) is 4.05. The van der Waals surface area contributed by atoms with Crippen LogP contribution in [0.5, 0.6) is 5.75 Å². The number of ether oxygens (including phenoxy) is 1. The second kappa shape index (κ2) is 3.71. The minimum Gasteiger partial charge on any atom is -0.492 e. The summed E-state index contributed by atoms with van der Waals surface area (Å²) in [6.07, 6.45) is 0. The molecule has 0 fully saturated rings. The molecule has 0 unspecified atom stereocenters. The number of fused-ring (bicyclic) bond motifs is 1. The molecule has 0 saturated heterocycles. The third kappa shape index (κ3) is 2.17. The minimum absolute atomic E-state index is 0.0902. The number of rotatable bonds is 1. The van der Waals surface area contributed by atoms with Crippen LogP contribution in [-0.2, 0) is 9.05 Å². The molecule has 0 radical (unpaired) electrons. The third-order valence-electron chi connectivity index (χ3n) is 2.68. The normalized spacial score (nSPS) is 18.4. The van der Waals surface area contributed by atoms with Crippen LogP contribution in [0.15, 0.2) is 23.1 Å². The van der Waals surface area contributed by atoms with Crippen LogP contribution in [0.25, 0.3) is 0 Å². The van der Waals surface area contributed by atoms with Crippen LogP contribution >= 0.6 is 10.7 Å². The number of carbonyl (C=O) groups excluding carboxylic acids is 1. The van der Waals surface area contributed by atoms with Crippen LogP contribution < -0.4 is 4.74 Å². The average molecular weight is 275 g/mol. The van der Waals surface area contributed by atoms with E-state index >= 15 is 0 Å². The molecule has 1 aliphatic rings. The van der Waals surface area contributed by atoms with Gasteiger partial charge in [-0.25, -0.2) is 8.42 Å². The molecule has 2 rings (SSSR count). The summed E-state index contributed by atoms with van der Waals surface area (Å²) >= 11 is 0. The Kier molecular flexibility index (Phi) is 2.71. The smallest absolute Gasteiger partial charge is 0.261 e. The van der Waals surface area contributed by atoms with E-state index in [2.05, 4.69) is 0 Å². The lowest BCUT2D eigenvalue weighted by Crippen LogP contribution is -2.35. The number of hydrogen-bond acceptors (Lipinski definition) is 4. The number of ketones is 1. The fraction of sp³-hybridized carbons (Fsp3) is 0.364. The molecule has 17 heavy (non-hydrogen) atoms. The zero-order valence-corrected chi connectivity index (χ0v) is 10.9. The van der Waals surface area contributed by atoms with E-state index in [0.29, 0.717) is 5.75 Å². The Hall–Kier alpha value is -1.07. The molecule has 0 N–H and O–H groups in total. The van der Waals surface area contributed by atoms with E-state index in [9.17, 15) is 13.2 Å². The first-order chi connectivity index (χ1) is 7.72. The van der Waals surface area contributed by atoms with Crippen molar-refractivity contribution in [1.82, 2.24) is 0 Å². The molecular weight excluding hydrogens is 264 g/mol. The Balaban J connectivity index is 2.60. The standard InChI is InChI=1S/C11H11ClO4S/c1-11(2)6-16-9-4-3-7(17(12,14)15)5-8(9)10(11)13/h3-5H,6H2,1-2H3. The Morgan fingerprint density at radius 1 is 1.35 bits per heavy atom. The summed E-state index contributed by atoms with van der Waals surface area (Å²) in [5, 5.41) is 0. The van der Waals surface area contributed by atoms with Gasteiger partial charge < -0.3 is 4.74 Å². The molecule has 1 heterocycles. The van der Waals surface area contributed by atoms with Crippen LogP contribution in [0.3, 0.4) is 0 Å². The van der Waals surface area contributed by atoms with Gasteiger partial charge in [0.1, 0.15) is 12.4 Å². The lowest BCUT2D eigenvalue weighted by atomic mass is 9.83. The zero-order valence-electron chi connectivity index (χ0n) is 9.36. The van der Waals surface area contributed by atoms with Crippen molar-refractivity contribution >= 4 is 25.5 Å². The first kappa shape index (κ1) is 12.4. The van der Waals surface area contributed by atoms with E-state index in [1.54, 1.807) is 13.8 Å². The molecule has 1 aromatic carbocycles. The van der Waals surface area contributed by atoms with Crippen molar-refractivity contribution in [3.05, 3.63) is 23.8 Å². The predicted octanol–water partition coefficient (Wildman–Crippen LogP) is 2.22. The molecule has 0 bridgehead atoms. The van der Waals surface area contributed by atoms with Gasteiger partial charge in [-0.05, 0) is 32.0 Å². The summed E-state index contributed by atoms with van der Waals surface area (Å²) in [5.74, 6) is 0.263. The fourth-order valence-corrected chi connectivity index (χ4v) is 2.43. The molecule has 0 amide bonds. The molecular formula is C11H11ClO4S. The van der Waals surface area contributed by atoms with Gasteiger partial charge in [0.25, 0.3) is 9.05 Å². The van der Waals surface area contributed by atoms with Crippen molar-refractivity contribution in [3.63, 3.8) is 0 Å². The van der Waals surface area contributed by atoms with Crippen molar-refractivity contribution in [2.24, 2.45) is 5.41 Å². The van der Waals surface area contributed by atoms with E-state index < -0.39 is 14.5 Å². The largest absolute Gasteiger partial charge is 0.492 e. The van der Waals surface area contributed by atoms with Crippen molar-refractivity contribution in [2.45, 2.75) is 18.7 Å². The molecule has 92 valence electrons. The van der Waals surface area contributed by atoms with E-state index in [1.807, 2.05) is 0 Å². The highest BCUT2D eigenvalue weighted by Gasteiger charge is 2.36. The molecule has 0 aromatic heterocycles. The van der Waals surface area contributed by atoms with E-state index in [4.69, 9.17) is 15.4 Å². The van der Waals surface area contributed by atoms with Gasteiger partial charge in [-0.1, -0.05) is 0 Å². The number of halogens is 1. The predicted molar refractivity (Wildman–Crippen MR) is 63.1 cm³/mol. The van der Waals surface area contributed by atoms with E-state index in [1.165, 1.54) is 18.2 Å². The van der Waals surface area contributed by atoms with E-state index in [0.717, 1.165) is 0 Å². The molecule has 1 aliphatic heterocycles. The summed E-state index contributed by atoms with van der Waals surface area (Å²) < 4.78 is 27.8. The molecule has 1 aromatic rings. The monoisotopic (exact) mass is 274 g/mol. The van der Waals surface area contributed by atoms with Crippen molar-refractivity contribution < 1.29 is 17.9 Å². The highest BCUT2D eigenvalue weighted by atomic mass is 35.7. The molecule has 0 saturated carbocycles. The molecule has 6 heteroatoms. The molecule has 0 atom stereocenters. The summed E-state index contributed by atoms with van der Waals surface area (Å²) in [4.78, 5) is 12.0. The quantitative estimate of drug-likeness (QED) is 0.737. The van der Waals surface area contributed by atoms with Crippen molar-refractivity contribution in [2.75, 3.05) is 6.61 Å². The Bertz CT molecular complexity index is 589. The number of Topliss-reactive ketones (excluding diaryl/α,β-unsaturated/α-hetero) is 1. The van der Waals surface area contributed by atoms with Gasteiger partial charge in [-0.15, -0.1) is 0 Å². The summed E-state index contributed by atoms with van der Waals surface area (Å²) in [7, 11) is 1.41. The lowest BCUT2D eigenvalue weighted by Gasteiger charge is -2.29. The SMILES string of the molecule is CC1(C)COc2ccc(S(=O)(=O)Cl)cc2C1=O. The molecule has 4 nitrogen and oxygen atoms in total. The highest BCUT2D eigenvalue weighted by molar-refractivity contribution is 8.13. The van der Waals surface area contributed by atoms with Gasteiger partial charge in [-0.2, -0.15) is 0 Å². The summed E-state index contributed by atoms with van der Waals surface area (Å²) in [5.41, 5.74) is -0.384. The van der Waals surface area contributed by atoms with Crippen LogP contribution in [0.1, 0.15) is 24.2 Å². The third-order valence-corrected chi connectivity index (χ3v) is 4.03. The summed E-state index contributed by atoms with van der Waals surface area (Å²) in [6.45, 7) is 3.78. The minimum atomic E-state index is -3.83. The first-order valence-electron chi connectivity index (χ1n) is 4.98. The van der Waals surface area contributed by atoms with Crippen molar-refractivity contribution in [1.29, 1.82) is 0 Å². The average Bonchev–Trinajstić information content (AvgIpc) is 2.22. The van der Waals surface area contributed by atoms with Crippen LogP contribution in [-0.4, -0.2) is 20.8 Å². The molecule has 0 aliphatic carbocycles. The Morgan fingerprint density at radius 3 is 2.59 bits per heavy atom. The van der Waals surface area contributed by atoms with Crippen molar-refractivity contribution in [3.8, 4) is 5.75 Å². The fourth-order valence-electron chi connectivity index (χ4n) is 1.65. The molecule has 0 spiro atoms. The van der Waals surface area contributed by atoms with E-state index in [-0.39, 0.29) is 22.8 Å². The lowest BCUT2D eigenvalue weighted by molar-refractivity contribution is 0.0692. The number of benzene rings is 1. The van der Waals surface area contributed by atoms with Gasteiger partial charge in [0.2, 0.25) is 0 Å². The first-order valence-corrected chi connectivity index (χ1v) is 7.29. The maximum atomic E-state index is 12.1. The van der Waals surface area contributed by atoms with Gasteiger partial charge in [0, 0.05) is 10.7 Å². The zero-order chi connectivity index (χ0) is 12.8. The number of hydrogen-bond donors (Lipinski definition) is 0. The second-order valence-corrected chi connectivity index (χ2v) is 7.16. The van der Waals surface area contributed by atoms with Crippen LogP contribution in [0, 0.1) is 5.41 Å². The van der Waals surface area contributed by atoms with Gasteiger partial charge in [0.15, 0.2) is 5.78 Å². The highest BCUT2D eigenvalue weighted by Crippen LogP contribution is 2.35. The van der Waals surface area contributed by atoms with Gasteiger partial charge in [0.05, 0.1) is 15.9 Å². The van der Waals surface area contributed by atoms with Crippen LogP contribution in [0.4, 0.5) is 0 Å². The Labute approximate surface area is 104 Å². The van der Waals surface area contributed by atoms with Gasteiger partial charge >= 0.3 is 0 Å². The Morgan fingerprint density at radius 2 is 2.00 bits per heavy atom.